The lowest BCUT2D eigenvalue weighted by Gasteiger charge is -1.87. The van der Waals surface area contributed by atoms with Crippen LogP contribution >= 0.6 is 11.3 Å². The zero-order valence-corrected chi connectivity index (χ0v) is 6.40. The Balaban J connectivity index is 2.86. The average molecular weight is 148 g/mol. The van der Waals surface area contributed by atoms with Gasteiger partial charge in [0, 0.05) is 0 Å². The van der Waals surface area contributed by atoms with Crippen LogP contribution in [0.5, 0.6) is 0 Å². The lowest BCUT2D eigenvalue weighted by Crippen LogP contribution is -1.70. The Labute approximate surface area is 63.3 Å². The van der Waals surface area contributed by atoms with Crippen molar-refractivity contribution in [2.45, 2.75) is 6.92 Å². The van der Waals surface area contributed by atoms with Crippen LogP contribution in [0.4, 0.5) is 0 Å². The van der Waals surface area contributed by atoms with Crippen LogP contribution in [-0.4, -0.2) is 4.98 Å². The molecule has 10 heavy (non-hydrogen) atoms. The fraction of sp³-hybridized carbons (Fsp3) is 0.125. The SMILES string of the molecule is Cc1[c]cc2ncsc2c1. The first-order valence-corrected chi connectivity index (χ1v) is 3.96. The summed E-state index contributed by atoms with van der Waals surface area (Å²) in [6.45, 7) is 2.04. The van der Waals surface area contributed by atoms with E-state index in [1.807, 2.05) is 18.5 Å². The van der Waals surface area contributed by atoms with Crippen molar-refractivity contribution < 1.29 is 0 Å². The molecule has 49 valence electrons. The van der Waals surface area contributed by atoms with Gasteiger partial charge in [-0.2, -0.15) is 0 Å². The zero-order valence-electron chi connectivity index (χ0n) is 5.59. The van der Waals surface area contributed by atoms with E-state index in [1.54, 1.807) is 11.3 Å². The molecular weight excluding hydrogens is 142 g/mol. The van der Waals surface area contributed by atoms with Crippen LogP contribution in [0.15, 0.2) is 17.6 Å². The lowest BCUT2D eigenvalue weighted by molar-refractivity contribution is 1.46. The first-order valence-electron chi connectivity index (χ1n) is 3.08. The van der Waals surface area contributed by atoms with Crippen molar-refractivity contribution in [1.29, 1.82) is 0 Å². The zero-order chi connectivity index (χ0) is 6.97. The van der Waals surface area contributed by atoms with E-state index < -0.39 is 0 Å². The highest BCUT2D eigenvalue weighted by atomic mass is 32.1. The minimum absolute atomic E-state index is 1.05. The van der Waals surface area contributed by atoms with Gasteiger partial charge in [0.05, 0.1) is 15.7 Å². The topological polar surface area (TPSA) is 12.9 Å². The largest absolute Gasteiger partial charge is 0.245 e. The summed E-state index contributed by atoms with van der Waals surface area (Å²) in [5.74, 6) is 0. The van der Waals surface area contributed by atoms with Gasteiger partial charge in [-0.05, 0) is 30.7 Å². The molecule has 2 aromatic rings. The number of benzene rings is 1. The van der Waals surface area contributed by atoms with Crippen molar-refractivity contribution in [3.63, 3.8) is 0 Å². The molecule has 1 radical (unpaired) electrons. The number of aromatic nitrogens is 1. The Kier molecular flexibility index (Phi) is 1.21. The maximum absolute atomic E-state index is 4.15. The van der Waals surface area contributed by atoms with E-state index in [1.165, 1.54) is 10.3 Å². The predicted molar refractivity (Wildman–Crippen MR) is 43.2 cm³/mol. The second kappa shape index (κ2) is 2.06. The third-order valence-corrected chi connectivity index (χ3v) is 2.20. The molecule has 1 heterocycles. The van der Waals surface area contributed by atoms with E-state index >= 15 is 0 Å². The second-order valence-electron chi connectivity index (χ2n) is 2.22. The van der Waals surface area contributed by atoms with Crippen LogP contribution in [-0.2, 0) is 0 Å². The quantitative estimate of drug-likeness (QED) is 0.559. The highest BCUT2D eigenvalue weighted by molar-refractivity contribution is 7.16. The molecule has 1 aromatic heterocycles. The number of thiazole rings is 1. The number of hydrogen-bond donors (Lipinski definition) is 0. The van der Waals surface area contributed by atoms with Gasteiger partial charge in [-0.1, -0.05) is 0 Å². The van der Waals surface area contributed by atoms with Gasteiger partial charge < -0.3 is 0 Å². The molecule has 0 bridgehead atoms. The van der Waals surface area contributed by atoms with Gasteiger partial charge in [0.2, 0.25) is 0 Å². The molecule has 0 fully saturated rings. The molecule has 1 nitrogen and oxygen atoms in total. The molecule has 0 spiro atoms. The number of nitrogens with zero attached hydrogens (tertiary/aromatic N) is 1. The molecule has 0 aliphatic carbocycles. The summed E-state index contributed by atoms with van der Waals surface area (Å²) in [4.78, 5) is 4.15. The van der Waals surface area contributed by atoms with Gasteiger partial charge in [0.15, 0.2) is 0 Å². The van der Waals surface area contributed by atoms with Gasteiger partial charge in [-0.15, -0.1) is 11.3 Å². The minimum atomic E-state index is 1.05. The van der Waals surface area contributed by atoms with E-state index in [2.05, 4.69) is 17.1 Å². The molecule has 0 aliphatic rings. The second-order valence-corrected chi connectivity index (χ2v) is 3.10. The summed E-state index contributed by atoms with van der Waals surface area (Å²) in [7, 11) is 0. The molecule has 2 rings (SSSR count). The van der Waals surface area contributed by atoms with Crippen LogP contribution in [0.1, 0.15) is 5.56 Å². The summed E-state index contributed by atoms with van der Waals surface area (Å²) in [6.07, 6.45) is 0. The fourth-order valence-corrected chi connectivity index (χ4v) is 1.66. The van der Waals surface area contributed by atoms with E-state index in [0.717, 1.165) is 5.52 Å². The molecule has 1 aromatic carbocycles. The first-order chi connectivity index (χ1) is 4.86. The summed E-state index contributed by atoms with van der Waals surface area (Å²) in [6, 6.07) is 7.14. The standard InChI is InChI=1S/C8H6NS/c1-6-2-3-7-8(4-6)10-5-9-7/h3-5H,1H3. The van der Waals surface area contributed by atoms with Crippen molar-refractivity contribution in [2.75, 3.05) is 0 Å². The normalized spacial score (nSPS) is 10.5. The highest BCUT2D eigenvalue weighted by Gasteiger charge is 1.93. The number of fused-ring (bicyclic) bond motifs is 1. The Hall–Kier alpha value is -0.890. The first kappa shape index (κ1) is 5.86. The Bertz CT molecular complexity index is 351. The van der Waals surface area contributed by atoms with Gasteiger partial charge in [0.1, 0.15) is 0 Å². The maximum atomic E-state index is 4.15. The molecule has 0 atom stereocenters. The van der Waals surface area contributed by atoms with Crippen LogP contribution in [0.2, 0.25) is 0 Å². The molecule has 0 N–H and O–H groups in total. The summed E-state index contributed by atoms with van der Waals surface area (Å²) in [5, 5.41) is 0. The Morgan fingerprint density at radius 3 is 3.40 bits per heavy atom. The van der Waals surface area contributed by atoms with Crippen molar-refractivity contribution >= 4 is 21.6 Å². The van der Waals surface area contributed by atoms with Gasteiger partial charge in [-0.25, -0.2) is 4.98 Å². The third-order valence-electron chi connectivity index (χ3n) is 1.41. The van der Waals surface area contributed by atoms with Crippen molar-refractivity contribution in [2.24, 2.45) is 0 Å². The van der Waals surface area contributed by atoms with Gasteiger partial charge in [-0.3, -0.25) is 0 Å². The average Bonchev–Trinajstić information content (AvgIpc) is 2.33. The molecule has 2 heteroatoms. The van der Waals surface area contributed by atoms with Crippen molar-refractivity contribution in [3.8, 4) is 0 Å². The van der Waals surface area contributed by atoms with E-state index in [9.17, 15) is 0 Å². The van der Waals surface area contributed by atoms with Gasteiger partial charge in [0.25, 0.3) is 0 Å². The molecule has 0 unspecified atom stereocenters. The van der Waals surface area contributed by atoms with Crippen LogP contribution in [0.3, 0.4) is 0 Å². The molecule has 0 amide bonds. The van der Waals surface area contributed by atoms with Crippen molar-refractivity contribution in [1.82, 2.24) is 4.98 Å². The number of rotatable bonds is 0. The minimum Gasteiger partial charge on any atom is -0.245 e. The Morgan fingerprint density at radius 1 is 1.60 bits per heavy atom. The van der Waals surface area contributed by atoms with Crippen LogP contribution in [0.25, 0.3) is 10.2 Å². The maximum Gasteiger partial charge on any atom is 0.0818 e. The number of aryl methyl sites for hydroxylation is 1. The molecule has 0 aliphatic heterocycles. The monoisotopic (exact) mass is 148 g/mol. The fourth-order valence-electron chi connectivity index (χ4n) is 0.901. The smallest absolute Gasteiger partial charge is 0.0818 e. The highest BCUT2D eigenvalue weighted by Crippen LogP contribution is 2.17. The molecule has 0 saturated heterocycles. The molecule has 0 saturated carbocycles. The molecular formula is C8H6NS. The number of hydrogen-bond acceptors (Lipinski definition) is 2. The van der Waals surface area contributed by atoms with Crippen LogP contribution in [0, 0.1) is 13.0 Å². The van der Waals surface area contributed by atoms with E-state index in [0.29, 0.717) is 0 Å². The van der Waals surface area contributed by atoms with Crippen molar-refractivity contribution in [3.05, 3.63) is 29.3 Å². The summed E-state index contributed by atoms with van der Waals surface area (Å²) >= 11 is 1.67. The lowest BCUT2D eigenvalue weighted by atomic mass is 10.2. The van der Waals surface area contributed by atoms with E-state index in [4.69, 9.17) is 0 Å². The predicted octanol–water partition coefficient (Wildman–Crippen LogP) is 2.40. The van der Waals surface area contributed by atoms with E-state index in [-0.39, 0.29) is 0 Å². The third kappa shape index (κ3) is 0.809. The Morgan fingerprint density at radius 2 is 2.50 bits per heavy atom. The summed E-state index contributed by atoms with van der Waals surface area (Å²) in [5.41, 5.74) is 4.09. The van der Waals surface area contributed by atoms with Gasteiger partial charge >= 0.3 is 0 Å². The summed E-state index contributed by atoms with van der Waals surface area (Å²) < 4.78 is 1.25. The van der Waals surface area contributed by atoms with Crippen LogP contribution < -0.4 is 0 Å².